The predicted molar refractivity (Wildman–Crippen MR) is 55.5 cm³/mol. The van der Waals surface area contributed by atoms with Crippen molar-refractivity contribution in [2.45, 2.75) is 19.0 Å². The third kappa shape index (κ3) is 6.09. The van der Waals surface area contributed by atoms with Gasteiger partial charge in [0.05, 0.1) is 0 Å². The van der Waals surface area contributed by atoms with Gasteiger partial charge in [-0.15, -0.1) is 0 Å². The molecule has 0 aromatic heterocycles. The van der Waals surface area contributed by atoms with Gasteiger partial charge in [-0.1, -0.05) is 0 Å². The van der Waals surface area contributed by atoms with Gasteiger partial charge in [0.15, 0.2) is 6.61 Å². The molecular formula is C9H14F3NO2S. The van der Waals surface area contributed by atoms with E-state index in [4.69, 9.17) is 0 Å². The first-order valence-corrected chi connectivity index (χ1v) is 6.18. The Kier molecular flexibility index (Phi) is 5.24. The Morgan fingerprint density at radius 2 is 2.00 bits per heavy atom. The molecule has 1 heterocycles. The topological polar surface area (TPSA) is 38.3 Å². The number of thioether (sulfide) groups is 1. The fraction of sp³-hybridized carbons (Fsp3) is 0.889. The molecule has 0 aliphatic carbocycles. The van der Waals surface area contributed by atoms with Gasteiger partial charge in [0.2, 0.25) is 0 Å². The van der Waals surface area contributed by atoms with Crippen LogP contribution in [0.25, 0.3) is 0 Å². The molecule has 1 aliphatic heterocycles. The number of carbonyl (C=O) groups is 1. The maximum Gasteiger partial charge on any atom is 0.422 e. The Balaban J connectivity index is 2.09. The number of amides is 1. The van der Waals surface area contributed by atoms with Crippen LogP contribution in [0.2, 0.25) is 0 Å². The number of nitrogens with one attached hydrogen (secondary N) is 1. The second-order valence-electron chi connectivity index (χ2n) is 3.63. The zero-order valence-electron chi connectivity index (χ0n) is 8.68. The summed E-state index contributed by atoms with van der Waals surface area (Å²) in [5.41, 5.74) is 0. The average Bonchev–Trinajstić information content (AvgIpc) is 2.24. The Labute approximate surface area is 96.1 Å². The summed E-state index contributed by atoms with van der Waals surface area (Å²) in [4.78, 5) is 10.9. The lowest BCUT2D eigenvalue weighted by molar-refractivity contribution is -0.160. The standard InChI is InChI=1S/C9H14F3NO2S/c10-9(11,12)6-15-8(14)13-5-7-1-3-16-4-2-7/h7H,1-6H2,(H,13,14). The third-order valence-electron chi connectivity index (χ3n) is 2.24. The number of rotatable bonds is 3. The SMILES string of the molecule is O=C(NCC1CCSCC1)OCC(F)(F)F. The van der Waals surface area contributed by atoms with Crippen LogP contribution in [0.4, 0.5) is 18.0 Å². The number of alkyl halides is 3. The van der Waals surface area contributed by atoms with Crippen LogP contribution in [-0.4, -0.2) is 36.9 Å². The average molecular weight is 257 g/mol. The molecule has 0 spiro atoms. The van der Waals surface area contributed by atoms with Gasteiger partial charge >= 0.3 is 12.3 Å². The largest absolute Gasteiger partial charge is 0.440 e. The first-order chi connectivity index (χ1) is 7.47. The molecule has 0 atom stereocenters. The van der Waals surface area contributed by atoms with Crippen LogP contribution in [0.5, 0.6) is 0 Å². The van der Waals surface area contributed by atoms with Crippen LogP contribution < -0.4 is 5.32 Å². The molecule has 1 amide bonds. The highest BCUT2D eigenvalue weighted by Crippen LogP contribution is 2.21. The number of carbonyl (C=O) groups excluding carboxylic acids is 1. The van der Waals surface area contributed by atoms with Crippen molar-refractivity contribution >= 4 is 17.9 Å². The predicted octanol–water partition coefficient (Wildman–Crippen LogP) is 2.42. The van der Waals surface area contributed by atoms with Gasteiger partial charge in [0.1, 0.15) is 0 Å². The number of halogens is 3. The van der Waals surface area contributed by atoms with Crippen molar-refractivity contribution in [2.75, 3.05) is 24.7 Å². The van der Waals surface area contributed by atoms with E-state index in [1.165, 1.54) is 0 Å². The maximum absolute atomic E-state index is 11.7. The number of hydrogen-bond donors (Lipinski definition) is 1. The summed E-state index contributed by atoms with van der Waals surface area (Å²) < 4.78 is 39.1. The zero-order valence-corrected chi connectivity index (χ0v) is 9.50. The minimum atomic E-state index is -4.46. The molecule has 0 unspecified atom stereocenters. The van der Waals surface area contributed by atoms with Crippen LogP contribution in [0.1, 0.15) is 12.8 Å². The van der Waals surface area contributed by atoms with Crippen molar-refractivity contribution in [2.24, 2.45) is 5.92 Å². The van der Waals surface area contributed by atoms with Crippen molar-refractivity contribution < 1.29 is 22.7 Å². The molecule has 94 valence electrons. The van der Waals surface area contributed by atoms with Crippen molar-refractivity contribution in [1.82, 2.24) is 5.32 Å². The normalized spacial score (nSPS) is 18.2. The molecule has 1 rings (SSSR count). The minimum absolute atomic E-state index is 0.361. The summed E-state index contributed by atoms with van der Waals surface area (Å²) in [6, 6.07) is 0. The molecule has 0 radical (unpaired) electrons. The van der Waals surface area contributed by atoms with Crippen molar-refractivity contribution in [3.8, 4) is 0 Å². The van der Waals surface area contributed by atoms with E-state index in [1.807, 2.05) is 11.8 Å². The van der Waals surface area contributed by atoms with Crippen LogP contribution in [0.3, 0.4) is 0 Å². The molecule has 16 heavy (non-hydrogen) atoms. The van der Waals surface area contributed by atoms with E-state index < -0.39 is 18.9 Å². The second kappa shape index (κ2) is 6.22. The first-order valence-electron chi connectivity index (χ1n) is 5.02. The highest BCUT2D eigenvalue weighted by Gasteiger charge is 2.29. The summed E-state index contributed by atoms with van der Waals surface area (Å²) in [5, 5.41) is 2.35. The molecule has 3 nitrogen and oxygen atoms in total. The fourth-order valence-electron chi connectivity index (χ4n) is 1.38. The van der Waals surface area contributed by atoms with E-state index in [2.05, 4.69) is 10.1 Å². The molecular weight excluding hydrogens is 243 g/mol. The first kappa shape index (κ1) is 13.5. The molecule has 0 saturated carbocycles. The van der Waals surface area contributed by atoms with E-state index in [0.29, 0.717) is 12.5 Å². The van der Waals surface area contributed by atoms with Crippen LogP contribution in [0, 0.1) is 5.92 Å². The van der Waals surface area contributed by atoms with Gasteiger partial charge in [-0.25, -0.2) is 4.79 Å². The molecule has 1 N–H and O–H groups in total. The van der Waals surface area contributed by atoms with Crippen LogP contribution >= 0.6 is 11.8 Å². The summed E-state index contributed by atoms with van der Waals surface area (Å²) in [6.07, 6.45) is -3.47. The van der Waals surface area contributed by atoms with Gasteiger partial charge in [0.25, 0.3) is 0 Å². The molecule has 1 saturated heterocycles. The molecule has 0 aromatic rings. The Morgan fingerprint density at radius 3 is 2.56 bits per heavy atom. The Morgan fingerprint density at radius 1 is 1.38 bits per heavy atom. The highest BCUT2D eigenvalue weighted by atomic mass is 32.2. The Hall–Kier alpha value is -0.590. The van der Waals surface area contributed by atoms with Gasteiger partial charge in [0, 0.05) is 6.54 Å². The third-order valence-corrected chi connectivity index (χ3v) is 3.29. The summed E-state index contributed by atoms with van der Waals surface area (Å²) in [6.45, 7) is -1.13. The van der Waals surface area contributed by atoms with E-state index in [-0.39, 0.29) is 0 Å². The maximum atomic E-state index is 11.7. The second-order valence-corrected chi connectivity index (χ2v) is 4.85. The van der Waals surface area contributed by atoms with E-state index in [0.717, 1.165) is 24.3 Å². The van der Waals surface area contributed by atoms with Gasteiger partial charge < -0.3 is 10.1 Å². The molecule has 1 aliphatic rings. The van der Waals surface area contributed by atoms with Crippen LogP contribution in [-0.2, 0) is 4.74 Å². The smallest absolute Gasteiger partial charge is 0.422 e. The summed E-state index contributed by atoms with van der Waals surface area (Å²) in [5.74, 6) is 2.45. The number of ether oxygens (including phenoxy) is 1. The molecule has 0 aromatic carbocycles. The van der Waals surface area contributed by atoms with Gasteiger partial charge in [-0.05, 0) is 30.3 Å². The summed E-state index contributed by atoms with van der Waals surface area (Å²) in [7, 11) is 0. The van der Waals surface area contributed by atoms with Crippen LogP contribution in [0.15, 0.2) is 0 Å². The van der Waals surface area contributed by atoms with E-state index in [1.54, 1.807) is 0 Å². The highest BCUT2D eigenvalue weighted by molar-refractivity contribution is 7.99. The lowest BCUT2D eigenvalue weighted by Gasteiger charge is -2.21. The fourth-order valence-corrected chi connectivity index (χ4v) is 2.58. The number of alkyl carbamates (subject to hydrolysis) is 1. The van der Waals surface area contributed by atoms with Crippen molar-refractivity contribution in [1.29, 1.82) is 0 Å². The Bertz CT molecular complexity index is 229. The quantitative estimate of drug-likeness (QED) is 0.843. The van der Waals surface area contributed by atoms with E-state index in [9.17, 15) is 18.0 Å². The van der Waals surface area contributed by atoms with Gasteiger partial charge in [-0.3, -0.25) is 0 Å². The van der Waals surface area contributed by atoms with Crippen molar-refractivity contribution in [3.05, 3.63) is 0 Å². The van der Waals surface area contributed by atoms with Gasteiger partial charge in [-0.2, -0.15) is 24.9 Å². The molecule has 1 fully saturated rings. The van der Waals surface area contributed by atoms with Crippen molar-refractivity contribution in [3.63, 3.8) is 0 Å². The monoisotopic (exact) mass is 257 g/mol. The molecule has 7 heteroatoms. The lowest BCUT2D eigenvalue weighted by Crippen LogP contribution is -2.33. The minimum Gasteiger partial charge on any atom is -0.440 e. The zero-order chi connectivity index (χ0) is 12.0. The lowest BCUT2D eigenvalue weighted by atomic mass is 10.0. The summed E-state index contributed by atoms with van der Waals surface area (Å²) >= 11 is 1.85. The van der Waals surface area contributed by atoms with E-state index >= 15 is 0 Å². The molecule has 0 bridgehead atoms. The number of hydrogen-bond acceptors (Lipinski definition) is 3.